The molecule has 9 heteroatoms. The van der Waals surface area contributed by atoms with Crippen molar-refractivity contribution in [3.63, 3.8) is 0 Å². The van der Waals surface area contributed by atoms with Gasteiger partial charge in [-0.05, 0) is 36.4 Å². The van der Waals surface area contributed by atoms with Crippen molar-refractivity contribution in [2.24, 2.45) is 0 Å². The van der Waals surface area contributed by atoms with Crippen LogP contribution in [0.4, 0.5) is 10.1 Å². The smallest absolute Gasteiger partial charge is 0.258 e. The molecule has 1 saturated heterocycles. The third kappa shape index (κ3) is 2.87. The molecule has 3 rings (SSSR count). The van der Waals surface area contributed by atoms with E-state index in [2.05, 4.69) is 0 Å². The minimum Gasteiger partial charge on any atom is -0.258 e. The van der Waals surface area contributed by atoms with Crippen molar-refractivity contribution >= 4 is 27.0 Å². The van der Waals surface area contributed by atoms with Crippen LogP contribution in [0.1, 0.15) is 23.8 Å². The Bertz CT molecular complexity index is 836. The number of thiophene rings is 1. The molecule has 2 heterocycles. The number of sulfonamides is 1. The summed E-state index contributed by atoms with van der Waals surface area (Å²) in [6.45, 7) is 0.343. The van der Waals surface area contributed by atoms with Gasteiger partial charge in [0, 0.05) is 17.5 Å². The van der Waals surface area contributed by atoms with E-state index in [1.54, 1.807) is 0 Å². The Kier molecular flexibility index (Phi) is 4.17. The summed E-state index contributed by atoms with van der Waals surface area (Å²) in [6, 6.07) is 6.13. The van der Waals surface area contributed by atoms with Crippen molar-refractivity contribution in [1.29, 1.82) is 0 Å². The van der Waals surface area contributed by atoms with Crippen molar-refractivity contribution in [2.45, 2.75) is 23.8 Å². The highest BCUT2D eigenvalue weighted by Gasteiger charge is 2.37. The van der Waals surface area contributed by atoms with Gasteiger partial charge in [0.1, 0.15) is 0 Å². The van der Waals surface area contributed by atoms with Gasteiger partial charge in [0.2, 0.25) is 15.8 Å². The lowest BCUT2D eigenvalue weighted by molar-refractivity contribution is -0.387. The molecule has 1 aromatic heterocycles. The van der Waals surface area contributed by atoms with E-state index in [0.29, 0.717) is 19.4 Å². The second kappa shape index (κ2) is 5.99. The standard InChI is InChI=1S/C14H13FN2O4S2/c15-11-6-5-10(9-13(11)17(18)19)23(20,21)16-7-1-3-12(16)14-4-2-8-22-14/h2,4-6,8-9,12H,1,3,7H2/t12-/m0/s1. The highest BCUT2D eigenvalue weighted by molar-refractivity contribution is 7.89. The molecular weight excluding hydrogens is 343 g/mol. The molecule has 2 aromatic rings. The zero-order valence-corrected chi connectivity index (χ0v) is 13.5. The summed E-state index contributed by atoms with van der Waals surface area (Å²) >= 11 is 1.47. The summed E-state index contributed by atoms with van der Waals surface area (Å²) in [5.74, 6) is -1.05. The quantitative estimate of drug-likeness (QED) is 0.622. The maximum Gasteiger partial charge on any atom is 0.306 e. The average Bonchev–Trinajstić information content (AvgIpc) is 3.18. The predicted octanol–water partition coefficient (Wildman–Crippen LogP) is 3.32. The molecule has 0 saturated carbocycles. The topological polar surface area (TPSA) is 80.5 Å². The van der Waals surface area contributed by atoms with E-state index in [9.17, 15) is 22.9 Å². The van der Waals surface area contributed by atoms with Crippen molar-refractivity contribution in [3.8, 4) is 0 Å². The molecule has 0 aliphatic carbocycles. The van der Waals surface area contributed by atoms with Gasteiger partial charge in [-0.2, -0.15) is 8.70 Å². The molecular formula is C14H13FN2O4S2. The number of benzene rings is 1. The zero-order chi connectivity index (χ0) is 16.6. The van der Waals surface area contributed by atoms with Crippen molar-refractivity contribution in [2.75, 3.05) is 6.54 Å². The molecule has 0 bridgehead atoms. The SMILES string of the molecule is O=[N+]([O-])c1cc(S(=O)(=O)N2CCC[C@H]2c2cccs2)ccc1F. The van der Waals surface area contributed by atoms with E-state index in [1.165, 1.54) is 15.6 Å². The maximum absolute atomic E-state index is 13.4. The molecule has 1 aromatic carbocycles. The minimum atomic E-state index is -3.92. The number of nitro benzene ring substituents is 1. The van der Waals surface area contributed by atoms with Crippen LogP contribution in [0.5, 0.6) is 0 Å². The molecule has 0 radical (unpaired) electrons. The number of halogens is 1. The highest BCUT2D eigenvalue weighted by atomic mass is 32.2. The first-order valence-electron chi connectivity index (χ1n) is 6.90. The van der Waals surface area contributed by atoms with Gasteiger partial charge in [-0.3, -0.25) is 10.1 Å². The lowest BCUT2D eigenvalue weighted by atomic mass is 10.2. The normalized spacial score (nSPS) is 19.1. The summed E-state index contributed by atoms with van der Waals surface area (Å²) in [4.78, 5) is 10.6. The predicted molar refractivity (Wildman–Crippen MR) is 83.2 cm³/mol. The monoisotopic (exact) mass is 356 g/mol. The number of hydrogen-bond donors (Lipinski definition) is 0. The first-order valence-corrected chi connectivity index (χ1v) is 9.22. The van der Waals surface area contributed by atoms with E-state index in [4.69, 9.17) is 0 Å². The van der Waals surface area contributed by atoms with Crippen LogP contribution in [0.3, 0.4) is 0 Å². The third-order valence-electron chi connectivity index (χ3n) is 3.80. The molecule has 1 fully saturated rings. The van der Waals surface area contributed by atoms with Gasteiger partial charge >= 0.3 is 5.69 Å². The zero-order valence-electron chi connectivity index (χ0n) is 11.9. The fourth-order valence-corrected chi connectivity index (χ4v) is 5.36. The second-order valence-electron chi connectivity index (χ2n) is 5.16. The number of nitrogens with zero attached hydrogens (tertiary/aromatic N) is 2. The molecule has 0 unspecified atom stereocenters. The summed E-state index contributed by atoms with van der Waals surface area (Å²) in [7, 11) is -3.92. The first-order chi connectivity index (χ1) is 10.9. The summed E-state index contributed by atoms with van der Waals surface area (Å²) in [5.41, 5.74) is -0.835. The van der Waals surface area contributed by atoms with Gasteiger partial charge in [-0.1, -0.05) is 6.07 Å². The summed E-state index contributed by atoms with van der Waals surface area (Å²) in [5, 5.41) is 12.7. The molecule has 1 aliphatic rings. The van der Waals surface area contributed by atoms with Crippen molar-refractivity contribution in [3.05, 3.63) is 56.5 Å². The van der Waals surface area contributed by atoms with Crippen LogP contribution in [-0.4, -0.2) is 24.2 Å². The summed E-state index contributed by atoms with van der Waals surface area (Å²) < 4.78 is 40.4. The lowest BCUT2D eigenvalue weighted by Crippen LogP contribution is -2.30. The lowest BCUT2D eigenvalue weighted by Gasteiger charge is -2.23. The third-order valence-corrected chi connectivity index (χ3v) is 6.67. The van der Waals surface area contributed by atoms with E-state index in [1.807, 2.05) is 17.5 Å². The van der Waals surface area contributed by atoms with Gasteiger partial charge < -0.3 is 0 Å². The Morgan fingerprint density at radius 3 is 2.78 bits per heavy atom. The van der Waals surface area contributed by atoms with Gasteiger partial charge in [-0.25, -0.2) is 8.42 Å². The van der Waals surface area contributed by atoms with Gasteiger partial charge in [-0.15, -0.1) is 11.3 Å². The Morgan fingerprint density at radius 1 is 1.35 bits per heavy atom. The Morgan fingerprint density at radius 2 is 2.13 bits per heavy atom. The molecule has 0 spiro atoms. The van der Waals surface area contributed by atoms with Crippen LogP contribution < -0.4 is 0 Å². The molecule has 0 amide bonds. The van der Waals surface area contributed by atoms with Gasteiger partial charge in [0.05, 0.1) is 15.9 Å². The maximum atomic E-state index is 13.4. The van der Waals surface area contributed by atoms with Crippen LogP contribution in [0, 0.1) is 15.9 Å². The fourth-order valence-electron chi connectivity index (χ4n) is 2.72. The van der Waals surface area contributed by atoms with E-state index in [-0.39, 0.29) is 10.9 Å². The largest absolute Gasteiger partial charge is 0.306 e. The Labute approximate surface area is 136 Å². The molecule has 1 aliphatic heterocycles. The number of nitro groups is 1. The van der Waals surface area contributed by atoms with Crippen LogP contribution in [0.2, 0.25) is 0 Å². The summed E-state index contributed by atoms with van der Waals surface area (Å²) in [6.07, 6.45) is 1.41. The fraction of sp³-hybridized carbons (Fsp3) is 0.286. The minimum absolute atomic E-state index is 0.256. The van der Waals surface area contributed by atoms with E-state index in [0.717, 1.165) is 23.1 Å². The molecule has 6 nitrogen and oxygen atoms in total. The van der Waals surface area contributed by atoms with Crippen LogP contribution in [-0.2, 0) is 10.0 Å². The van der Waals surface area contributed by atoms with Crippen LogP contribution in [0.15, 0.2) is 40.6 Å². The second-order valence-corrected chi connectivity index (χ2v) is 8.03. The van der Waals surface area contributed by atoms with Crippen molar-refractivity contribution < 1.29 is 17.7 Å². The number of rotatable bonds is 4. The highest BCUT2D eigenvalue weighted by Crippen LogP contribution is 2.38. The van der Waals surface area contributed by atoms with Gasteiger partial charge in [0.15, 0.2) is 0 Å². The van der Waals surface area contributed by atoms with Gasteiger partial charge in [0.25, 0.3) is 0 Å². The molecule has 23 heavy (non-hydrogen) atoms. The molecule has 0 N–H and O–H groups in total. The number of hydrogen-bond acceptors (Lipinski definition) is 5. The van der Waals surface area contributed by atoms with E-state index >= 15 is 0 Å². The molecule has 122 valence electrons. The Hall–Kier alpha value is -1.84. The van der Waals surface area contributed by atoms with E-state index < -0.39 is 26.5 Å². The Balaban J connectivity index is 2.01. The van der Waals surface area contributed by atoms with Crippen LogP contribution in [0.25, 0.3) is 0 Å². The molecule has 1 atom stereocenters. The van der Waals surface area contributed by atoms with Crippen molar-refractivity contribution in [1.82, 2.24) is 4.31 Å². The van der Waals surface area contributed by atoms with Crippen LogP contribution >= 0.6 is 11.3 Å². The first kappa shape index (κ1) is 16.0. The average molecular weight is 356 g/mol.